The van der Waals surface area contributed by atoms with E-state index < -0.39 is 0 Å². The molecule has 2 rings (SSSR count). The molecule has 0 unspecified atom stereocenters. The van der Waals surface area contributed by atoms with Gasteiger partial charge in [-0.15, -0.1) is 0 Å². The molecule has 2 aromatic rings. The van der Waals surface area contributed by atoms with Crippen molar-refractivity contribution in [1.29, 1.82) is 0 Å². The maximum absolute atomic E-state index is 3.54. The second-order valence-corrected chi connectivity index (χ2v) is 5.75. The Bertz CT molecular complexity index is 502. The minimum Gasteiger partial charge on any atom is -0.313 e. The highest BCUT2D eigenvalue weighted by Crippen LogP contribution is 2.15. The number of hydrogen-bond donors (Lipinski definition) is 1. The standard InChI is InChI=1S/C18H25N/c1-15(2)7-5-6-12-19-14-16-10-11-17-8-3-4-9-18(17)13-16/h3-4,8-11,13,15,19H,5-7,12,14H2,1-2H3. The smallest absolute Gasteiger partial charge is 0.0205 e. The molecule has 0 fully saturated rings. The molecule has 1 N–H and O–H groups in total. The summed E-state index contributed by atoms with van der Waals surface area (Å²) in [6.45, 7) is 6.69. The van der Waals surface area contributed by atoms with Crippen LogP contribution in [-0.4, -0.2) is 6.54 Å². The van der Waals surface area contributed by atoms with Gasteiger partial charge in [0, 0.05) is 6.54 Å². The van der Waals surface area contributed by atoms with Gasteiger partial charge in [0.05, 0.1) is 0 Å². The molecule has 0 saturated heterocycles. The van der Waals surface area contributed by atoms with E-state index in [9.17, 15) is 0 Å². The van der Waals surface area contributed by atoms with Crippen molar-refractivity contribution in [1.82, 2.24) is 5.32 Å². The molecule has 0 spiro atoms. The summed E-state index contributed by atoms with van der Waals surface area (Å²) < 4.78 is 0. The van der Waals surface area contributed by atoms with Crippen molar-refractivity contribution in [2.24, 2.45) is 5.92 Å². The van der Waals surface area contributed by atoms with Crippen molar-refractivity contribution >= 4 is 10.8 Å². The van der Waals surface area contributed by atoms with Gasteiger partial charge >= 0.3 is 0 Å². The summed E-state index contributed by atoms with van der Waals surface area (Å²) in [7, 11) is 0. The van der Waals surface area contributed by atoms with Crippen LogP contribution in [0.4, 0.5) is 0 Å². The van der Waals surface area contributed by atoms with Crippen LogP contribution in [0.2, 0.25) is 0 Å². The molecular weight excluding hydrogens is 230 g/mol. The van der Waals surface area contributed by atoms with Crippen LogP contribution in [0.15, 0.2) is 42.5 Å². The van der Waals surface area contributed by atoms with Gasteiger partial charge in [0.15, 0.2) is 0 Å². The number of hydrogen-bond acceptors (Lipinski definition) is 1. The molecule has 102 valence electrons. The molecule has 0 aliphatic rings. The summed E-state index contributed by atoms with van der Waals surface area (Å²) in [6, 6.07) is 15.3. The second-order valence-electron chi connectivity index (χ2n) is 5.75. The van der Waals surface area contributed by atoms with Gasteiger partial charge in [-0.05, 0) is 41.3 Å². The third kappa shape index (κ3) is 4.68. The van der Waals surface area contributed by atoms with Crippen molar-refractivity contribution in [2.75, 3.05) is 6.54 Å². The van der Waals surface area contributed by atoms with Crippen LogP contribution in [0, 0.1) is 5.92 Å². The van der Waals surface area contributed by atoms with Gasteiger partial charge in [0.25, 0.3) is 0 Å². The minimum absolute atomic E-state index is 0.834. The predicted octanol–water partition coefficient (Wildman–Crippen LogP) is 4.76. The minimum atomic E-state index is 0.834. The third-order valence-electron chi connectivity index (χ3n) is 3.53. The molecule has 0 bridgehead atoms. The van der Waals surface area contributed by atoms with Gasteiger partial charge in [-0.2, -0.15) is 0 Å². The first kappa shape index (κ1) is 14.1. The number of fused-ring (bicyclic) bond motifs is 1. The molecule has 0 aliphatic carbocycles. The van der Waals surface area contributed by atoms with Crippen LogP contribution < -0.4 is 5.32 Å². The van der Waals surface area contributed by atoms with Crippen LogP contribution in [0.25, 0.3) is 10.8 Å². The van der Waals surface area contributed by atoms with E-state index in [1.54, 1.807) is 0 Å². The molecule has 0 aromatic heterocycles. The van der Waals surface area contributed by atoms with E-state index in [2.05, 4.69) is 61.6 Å². The Morgan fingerprint density at radius 2 is 1.74 bits per heavy atom. The topological polar surface area (TPSA) is 12.0 Å². The van der Waals surface area contributed by atoms with Crippen LogP contribution >= 0.6 is 0 Å². The van der Waals surface area contributed by atoms with Crippen LogP contribution in [0.3, 0.4) is 0 Å². The van der Waals surface area contributed by atoms with E-state index in [0.717, 1.165) is 19.0 Å². The lowest BCUT2D eigenvalue weighted by Gasteiger charge is -2.07. The van der Waals surface area contributed by atoms with Gasteiger partial charge in [-0.25, -0.2) is 0 Å². The molecule has 0 aliphatic heterocycles. The zero-order chi connectivity index (χ0) is 13.5. The van der Waals surface area contributed by atoms with Crippen molar-refractivity contribution in [2.45, 2.75) is 39.7 Å². The maximum Gasteiger partial charge on any atom is 0.0205 e. The highest BCUT2D eigenvalue weighted by atomic mass is 14.8. The molecule has 2 aromatic carbocycles. The van der Waals surface area contributed by atoms with E-state index in [4.69, 9.17) is 0 Å². The Morgan fingerprint density at radius 1 is 0.947 bits per heavy atom. The Kier molecular flexibility index (Phi) is 5.41. The van der Waals surface area contributed by atoms with Crippen LogP contribution in [0.5, 0.6) is 0 Å². The number of nitrogens with one attached hydrogen (secondary N) is 1. The third-order valence-corrected chi connectivity index (χ3v) is 3.53. The quantitative estimate of drug-likeness (QED) is 0.704. The first-order valence-electron chi connectivity index (χ1n) is 7.44. The Morgan fingerprint density at radius 3 is 2.53 bits per heavy atom. The number of rotatable bonds is 7. The summed E-state index contributed by atoms with van der Waals surface area (Å²) >= 11 is 0. The first-order chi connectivity index (χ1) is 9.25. The van der Waals surface area contributed by atoms with E-state index in [1.807, 2.05) is 0 Å². The lowest BCUT2D eigenvalue weighted by Crippen LogP contribution is -2.14. The SMILES string of the molecule is CC(C)CCCCNCc1ccc2ccccc2c1. The summed E-state index contributed by atoms with van der Waals surface area (Å²) in [5.74, 6) is 0.834. The molecule has 0 radical (unpaired) electrons. The fraction of sp³-hybridized carbons (Fsp3) is 0.444. The zero-order valence-electron chi connectivity index (χ0n) is 12.2. The van der Waals surface area contributed by atoms with Crippen molar-refractivity contribution in [3.8, 4) is 0 Å². The van der Waals surface area contributed by atoms with Gasteiger partial charge in [-0.3, -0.25) is 0 Å². The van der Waals surface area contributed by atoms with Crippen molar-refractivity contribution in [3.63, 3.8) is 0 Å². The highest BCUT2D eigenvalue weighted by Gasteiger charge is 1.97. The molecule has 1 heteroatoms. The van der Waals surface area contributed by atoms with Gasteiger partial charge in [-0.1, -0.05) is 63.1 Å². The Hall–Kier alpha value is -1.34. The fourth-order valence-corrected chi connectivity index (χ4v) is 2.38. The average molecular weight is 255 g/mol. The molecular formula is C18H25N. The van der Waals surface area contributed by atoms with Gasteiger partial charge in [0.1, 0.15) is 0 Å². The number of benzene rings is 2. The van der Waals surface area contributed by atoms with Crippen LogP contribution in [0.1, 0.15) is 38.7 Å². The molecule has 0 saturated carbocycles. The maximum atomic E-state index is 3.54. The molecule has 0 amide bonds. The average Bonchev–Trinajstić information content (AvgIpc) is 2.42. The fourth-order valence-electron chi connectivity index (χ4n) is 2.38. The summed E-state index contributed by atoms with van der Waals surface area (Å²) in [5.41, 5.74) is 1.38. The van der Waals surface area contributed by atoms with Gasteiger partial charge < -0.3 is 5.32 Å². The second kappa shape index (κ2) is 7.30. The Labute approximate surface area is 117 Å². The van der Waals surface area contributed by atoms with Crippen molar-refractivity contribution in [3.05, 3.63) is 48.0 Å². The normalized spacial score (nSPS) is 11.3. The molecule has 0 atom stereocenters. The summed E-state index contributed by atoms with van der Waals surface area (Å²) in [6.07, 6.45) is 3.96. The van der Waals surface area contributed by atoms with E-state index in [-0.39, 0.29) is 0 Å². The summed E-state index contributed by atoms with van der Waals surface area (Å²) in [4.78, 5) is 0. The monoisotopic (exact) mass is 255 g/mol. The largest absolute Gasteiger partial charge is 0.313 e. The number of unbranched alkanes of at least 4 members (excludes halogenated alkanes) is 1. The van der Waals surface area contributed by atoms with Gasteiger partial charge in [0.2, 0.25) is 0 Å². The lowest BCUT2D eigenvalue weighted by atomic mass is 10.1. The van der Waals surface area contributed by atoms with E-state index in [0.29, 0.717) is 0 Å². The Balaban J connectivity index is 1.75. The van der Waals surface area contributed by atoms with E-state index >= 15 is 0 Å². The lowest BCUT2D eigenvalue weighted by molar-refractivity contribution is 0.520. The molecule has 19 heavy (non-hydrogen) atoms. The predicted molar refractivity (Wildman–Crippen MR) is 84.3 cm³/mol. The zero-order valence-corrected chi connectivity index (χ0v) is 12.2. The van der Waals surface area contributed by atoms with E-state index in [1.165, 1.54) is 35.6 Å². The van der Waals surface area contributed by atoms with Crippen molar-refractivity contribution < 1.29 is 0 Å². The molecule has 1 nitrogen and oxygen atoms in total. The summed E-state index contributed by atoms with van der Waals surface area (Å²) in [5, 5.41) is 6.20. The highest BCUT2D eigenvalue weighted by molar-refractivity contribution is 5.82. The molecule has 0 heterocycles. The van der Waals surface area contributed by atoms with Crippen LogP contribution in [-0.2, 0) is 6.54 Å². The first-order valence-corrected chi connectivity index (χ1v) is 7.44.